The van der Waals surface area contributed by atoms with Crippen molar-refractivity contribution in [3.63, 3.8) is 0 Å². The number of nitrogens with one attached hydrogen (secondary N) is 1. The number of carbonyl (C=O) groups is 1. The summed E-state index contributed by atoms with van der Waals surface area (Å²) in [5, 5.41) is 4.90. The van der Waals surface area contributed by atoms with Crippen LogP contribution < -0.4 is 5.32 Å². The van der Waals surface area contributed by atoms with Crippen LogP contribution in [0.15, 0.2) is 42.5 Å². The summed E-state index contributed by atoms with van der Waals surface area (Å²) >= 11 is 5.69. The van der Waals surface area contributed by atoms with E-state index < -0.39 is 0 Å². The average Bonchev–Trinajstić information content (AvgIpc) is 2.37. The fraction of sp³-hybridized carbons (Fsp3) is 0.214. The van der Waals surface area contributed by atoms with E-state index in [9.17, 15) is 4.79 Å². The quantitative estimate of drug-likeness (QED) is 0.830. The molecule has 2 aromatic rings. The molecule has 0 heterocycles. The first kappa shape index (κ1) is 11.9. The molecule has 0 radical (unpaired) electrons. The van der Waals surface area contributed by atoms with Crippen LogP contribution in [0.25, 0.3) is 10.8 Å². The van der Waals surface area contributed by atoms with Crippen molar-refractivity contribution in [3.8, 4) is 0 Å². The summed E-state index contributed by atoms with van der Waals surface area (Å²) in [6.07, 6.45) is 0. The van der Waals surface area contributed by atoms with Crippen LogP contribution in [0.5, 0.6) is 0 Å². The van der Waals surface area contributed by atoms with Crippen molar-refractivity contribution in [3.05, 3.63) is 48.0 Å². The van der Waals surface area contributed by atoms with Gasteiger partial charge in [0.25, 0.3) is 5.91 Å². The first-order valence-corrected chi connectivity index (χ1v) is 6.10. The zero-order valence-corrected chi connectivity index (χ0v) is 10.4. The first-order valence-electron chi connectivity index (χ1n) is 5.57. The van der Waals surface area contributed by atoms with Crippen LogP contribution in [0, 0.1) is 0 Å². The predicted octanol–water partition coefficient (Wildman–Crippen LogP) is 3.20. The maximum atomic E-state index is 12.1. The lowest BCUT2D eigenvalue weighted by atomic mass is 10.0. The van der Waals surface area contributed by atoms with Gasteiger partial charge in [-0.1, -0.05) is 36.4 Å². The Hall–Kier alpha value is -1.54. The number of hydrogen-bond acceptors (Lipinski definition) is 1. The average molecular weight is 248 g/mol. The van der Waals surface area contributed by atoms with Gasteiger partial charge < -0.3 is 5.32 Å². The molecule has 2 nitrogen and oxygen atoms in total. The summed E-state index contributed by atoms with van der Waals surface area (Å²) in [5.41, 5.74) is 0.695. The Balaban J connectivity index is 2.38. The molecule has 0 aliphatic heterocycles. The van der Waals surface area contributed by atoms with Crippen molar-refractivity contribution in [1.82, 2.24) is 5.32 Å². The van der Waals surface area contributed by atoms with Crippen LogP contribution in [0.4, 0.5) is 0 Å². The number of carbonyl (C=O) groups excluding carboxylic acids is 1. The van der Waals surface area contributed by atoms with E-state index in [1.165, 1.54) is 0 Å². The second kappa shape index (κ2) is 5.19. The highest BCUT2D eigenvalue weighted by Gasteiger charge is 2.11. The minimum absolute atomic E-state index is 0.0249. The minimum atomic E-state index is -0.0741. The number of alkyl halides is 1. The van der Waals surface area contributed by atoms with Gasteiger partial charge in [-0.05, 0) is 23.8 Å². The van der Waals surface area contributed by atoms with Crippen molar-refractivity contribution in [2.45, 2.75) is 13.0 Å². The van der Waals surface area contributed by atoms with E-state index >= 15 is 0 Å². The molecular formula is C14H14ClNO. The molecule has 17 heavy (non-hydrogen) atoms. The molecule has 0 fully saturated rings. The SMILES string of the molecule is CC(CCl)NC(=O)c1cccc2ccccc12. The molecule has 1 amide bonds. The van der Waals surface area contributed by atoms with Crippen LogP contribution in [0.2, 0.25) is 0 Å². The highest BCUT2D eigenvalue weighted by Crippen LogP contribution is 2.18. The molecule has 3 heteroatoms. The molecule has 0 saturated carbocycles. The third-order valence-corrected chi connectivity index (χ3v) is 3.11. The van der Waals surface area contributed by atoms with Gasteiger partial charge in [0.15, 0.2) is 0 Å². The van der Waals surface area contributed by atoms with Gasteiger partial charge in [-0.15, -0.1) is 11.6 Å². The lowest BCUT2D eigenvalue weighted by Gasteiger charge is -2.12. The van der Waals surface area contributed by atoms with E-state index in [4.69, 9.17) is 11.6 Å². The summed E-state index contributed by atoms with van der Waals surface area (Å²) in [5.74, 6) is 0.339. The highest BCUT2D eigenvalue weighted by molar-refractivity contribution is 6.18. The molecule has 1 N–H and O–H groups in total. The lowest BCUT2D eigenvalue weighted by Crippen LogP contribution is -2.33. The highest BCUT2D eigenvalue weighted by atomic mass is 35.5. The maximum Gasteiger partial charge on any atom is 0.252 e. The van der Waals surface area contributed by atoms with Gasteiger partial charge in [0.1, 0.15) is 0 Å². The van der Waals surface area contributed by atoms with Crippen molar-refractivity contribution < 1.29 is 4.79 Å². The Morgan fingerprint density at radius 1 is 1.24 bits per heavy atom. The normalized spacial score (nSPS) is 12.4. The minimum Gasteiger partial charge on any atom is -0.348 e. The number of halogens is 1. The van der Waals surface area contributed by atoms with E-state index in [1.54, 1.807) is 0 Å². The van der Waals surface area contributed by atoms with Crippen molar-refractivity contribution in [2.24, 2.45) is 0 Å². The van der Waals surface area contributed by atoms with Gasteiger partial charge in [-0.25, -0.2) is 0 Å². The summed E-state index contributed by atoms with van der Waals surface area (Å²) in [6.45, 7) is 1.88. The second-order valence-corrected chi connectivity index (χ2v) is 4.36. The molecule has 0 aliphatic carbocycles. The molecule has 0 aromatic heterocycles. The van der Waals surface area contributed by atoms with Gasteiger partial charge in [-0.3, -0.25) is 4.79 Å². The van der Waals surface area contributed by atoms with Crippen LogP contribution >= 0.6 is 11.6 Å². The lowest BCUT2D eigenvalue weighted by molar-refractivity contribution is 0.0945. The van der Waals surface area contributed by atoms with Crippen LogP contribution in [-0.4, -0.2) is 17.8 Å². The number of hydrogen-bond donors (Lipinski definition) is 1. The molecule has 0 aliphatic rings. The Kier molecular flexibility index (Phi) is 3.64. The summed E-state index contributed by atoms with van der Waals surface area (Å²) in [4.78, 5) is 12.1. The smallest absolute Gasteiger partial charge is 0.252 e. The molecule has 88 valence electrons. The number of rotatable bonds is 3. The van der Waals surface area contributed by atoms with E-state index in [1.807, 2.05) is 49.4 Å². The predicted molar refractivity (Wildman–Crippen MR) is 71.6 cm³/mol. The maximum absolute atomic E-state index is 12.1. The Morgan fingerprint density at radius 3 is 2.71 bits per heavy atom. The zero-order chi connectivity index (χ0) is 12.3. The third-order valence-electron chi connectivity index (χ3n) is 2.64. The molecule has 2 rings (SSSR count). The van der Waals surface area contributed by atoms with Gasteiger partial charge in [0.2, 0.25) is 0 Å². The topological polar surface area (TPSA) is 29.1 Å². The largest absolute Gasteiger partial charge is 0.348 e. The first-order chi connectivity index (χ1) is 8.22. The molecule has 0 saturated heterocycles. The number of benzene rings is 2. The Bertz CT molecular complexity index is 533. The van der Waals surface area contributed by atoms with Gasteiger partial charge in [0, 0.05) is 17.5 Å². The van der Waals surface area contributed by atoms with Gasteiger partial charge in [0.05, 0.1) is 0 Å². The van der Waals surface area contributed by atoms with Gasteiger partial charge >= 0.3 is 0 Å². The van der Waals surface area contributed by atoms with Gasteiger partial charge in [-0.2, -0.15) is 0 Å². The Labute approximate surface area is 106 Å². The summed E-state index contributed by atoms with van der Waals surface area (Å²) in [7, 11) is 0. The van der Waals surface area contributed by atoms with Crippen LogP contribution in [0.1, 0.15) is 17.3 Å². The fourth-order valence-corrected chi connectivity index (χ4v) is 1.84. The Morgan fingerprint density at radius 2 is 1.94 bits per heavy atom. The summed E-state index contributed by atoms with van der Waals surface area (Å²) in [6, 6.07) is 13.5. The second-order valence-electron chi connectivity index (χ2n) is 4.06. The van der Waals surface area contributed by atoms with Crippen molar-refractivity contribution >= 4 is 28.3 Å². The van der Waals surface area contributed by atoms with E-state index in [-0.39, 0.29) is 11.9 Å². The van der Waals surface area contributed by atoms with Crippen molar-refractivity contribution in [2.75, 3.05) is 5.88 Å². The molecule has 0 spiro atoms. The molecule has 1 unspecified atom stereocenters. The van der Waals surface area contributed by atoms with Crippen LogP contribution in [0.3, 0.4) is 0 Å². The summed E-state index contributed by atoms with van der Waals surface area (Å²) < 4.78 is 0. The van der Waals surface area contributed by atoms with E-state index in [0.29, 0.717) is 11.4 Å². The molecule has 0 bridgehead atoms. The molecular weight excluding hydrogens is 234 g/mol. The monoisotopic (exact) mass is 247 g/mol. The number of amides is 1. The standard InChI is InChI=1S/C14H14ClNO/c1-10(9-15)16-14(17)13-8-4-6-11-5-2-3-7-12(11)13/h2-8,10H,9H2,1H3,(H,16,17). The third kappa shape index (κ3) is 2.59. The molecule has 2 aromatic carbocycles. The fourth-order valence-electron chi connectivity index (χ4n) is 1.76. The van der Waals surface area contributed by atoms with E-state index in [0.717, 1.165) is 10.8 Å². The van der Waals surface area contributed by atoms with E-state index in [2.05, 4.69) is 5.32 Å². The molecule has 1 atom stereocenters. The van der Waals surface area contributed by atoms with Crippen molar-refractivity contribution in [1.29, 1.82) is 0 Å². The number of fused-ring (bicyclic) bond motifs is 1. The zero-order valence-electron chi connectivity index (χ0n) is 9.61. The van der Waals surface area contributed by atoms with Crippen LogP contribution in [-0.2, 0) is 0 Å².